The van der Waals surface area contributed by atoms with E-state index in [0.717, 1.165) is 6.54 Å². The standard InChI is InChI=1S/C12H28N2/c1-4-7-8-9-10-13-11-12-14(5-2)6-3/h13H,4-12H2,1-3H3. The van der Waals surface area contributed by atoms with Crippen LogP contribution in [0.1, 0.15) is 46.5 Å². The Morgan fingerprint density at radius 2 is 1.57 bits per heavy atom. The van der Waals surface area contributed by atoms with Crippen LogP contribution in [0.4, 0.5) is 0 Å². The van der Waals surface area contributed by atoms with Crippen LogP contribution in [0.5, 0.6) is 0 Å². The normalized spacial score (nSPS) is 11.1. The number of nitrogens with zero attached hydrogens (tertiary/aromatic N) is 1. The summed E-state index contributed by atoms with van der Waals surface area (Å²) < 4.78 is 0. The van der Waals surface area contributed by atoms with E-state index in [9.17, 15) is 0 Å². The average molecular weight is 200 g/mol. The van der Waals surface area contributed by atoms with Crippen LogP contribution in [0, 0.1) is 0 Å². The zero-order valence-corrected chi connectivity index (χ0v) is 10.3. The molecule has 0 aliphatic carbocycles. The van der Waals surface area contributed by atoms with E-state index >= 15 is 0 Å². The second-order valence-corrected chi connectivity index (χ2v) is 3.84. The molecule has 0 aromatic rings. The van der Waals surface area contributed by atoms with Crippen molar-refractivity contribution in [2.45, 2.75) is 46.5 Å². The minimum Gasteiger partial charge on any atom is -0.315 e. The molecule has 0 saturated carbocycles. The molecule has 0 rings (SSSR count). The Hall–Kier alpha value is -0.0800. The number of nitrogens with one attached hydrogen (secondary N) is 1. The van der Waals surface area contributed by atoms with Gasteiger partial charge in [0, 0.05) is 13.1 Å². The lowest BCUT2D eigenvalue weighted by atomic mass is 10.2. The number of likely N-dealkylation sites (N-methyl/N-ethyl adjacent to an activating group) is 1. The van der Waals surface area contributed by atoms with Gasteiger partial charge in [0.05, 0.1) is 0 Å². The third kappa shape index (κ3) is 8.52. The molecule has 2 heteroatoms. The molecule has 0 heterocycles. The molecule has 0 aromatic heterocycles. The van der Waals surface area contributed by atoms with Crippen LogP contribution in [0.2, 0.25) is 0 Å². The van der Waals surface area contributed by atoms with Crippen molar-refractivity contribution < 1.29 is 0 Å². The van der Waals surface area contributed by atoms with Crippen molar-refractivity contribution >= 4 is 0 Å². The average Bonchev–Trinajstić information content (AvgIpc) is 2.22. The van der Waals surface area contributed by atoms with Crippen LogP contribution in [-0.2, 0) is 0 Å². The van der Waals surface area contributed by atoms with E-state index in [1.165, 1.54) is 51.9 Å². The molecule has 0 spiro atoms. The van der Waals surface area contributed by atoms with E-state index in [0.29, 0.717) is 0 Å². The summed E-state index contributed by atoms with van der Waals surface area (Å²) in [6.45, 7) is 12.6. The van der Waals surface area contributed by atoms with E-state index in [4.69, 9.17) is 0 Å². The van der Waals surface area contributed by atoms with Crippen LogP contribution in [0.15, 0.2) is 0 Å². The summed E-state index contributed by atoms with van der Waals surface area (Å²) in [5.41, 5.74) is 0. The molecular weight excluding hydrogens is 172 g/mol. The fourth-order valence-electron chi connectivity index (χ4n) is 1.58. The molecule has 0 fully saturated rings. The zero-order valence-electron chi connectivity index (χ0n) is 10.3. The van der Waals surface area contributed by atoms with E-state index < -0.39 is 0 Å². The van der Waals surface area contributed by atoms with Gasteiger partial charge in [0.2, 0.25) is 0 Å². The van der Waals surface area contributed by atoms with Gasteiger partial charge in [-0.1, -0.05) is 40.0 Å². The molecule has 0 radical (unpaired) electrons. The van der Waals surface area contributed by atoms with E-state index in [1.54, 1.807) is 0 Å². The lowest BCUT2D eigenvalue weighted by molar-refractivity contribution is 0.302. The van der Waals surface area contributed by atoms with Gasteiger partial charge < -0.3 is 10.2 Å². The third-order valence-electron chi connectivity index (χ3n) is 2.71. The van der Waals surface area contributed by atoms with Gasteiger partial charge in [0.1, 0.15) is 0 Å². The lowest BCUT2D eigenvalue weighted by Gasteiger charge is -2.17. The maximum atomic E-state index is 3.50. The number of hydrogen-bond donors (Lipinski definition) is 1. The summed E-state index contributed by atoms with van der Waals surface area (Å²) in [4.78, 5) is 2.46. The molecule has 0 saturated heterocycles. The maximum absolute atomic E-state index is 3.50. The third-order valence-corrected chi connectivity index (χ3v) is 2.71. The molecule has 14 heavy (non-hydrogen) atoms. The Balaban J connectivity index is 3.04. The first-order chi connectivity index (χ1) is 6.85. The summed E-state index contributed by atoms with van der Waals surface area (Å²) in [6.07, 6.45) is 5.44. The summed E-state index contributed by atoms with van der Waals surface area (Å²) >= 11 is 0. The molecule has 0 unspecified atom stereocenters. The highest BCUT2D eigenvalue weighted by molar-refractivity contribution is 4.55. The Morgan fingerprint density at radius 3 is 2.14 bits per heavy atom. The molecule has 0 bridgehead atoms. The van der Waals surface area contributed by atoms with Gasteiger partial charge in [-0.25, -0.2) is 0 Å². The lowest BCUT2D eigenvalue weighted by Crippen LogP contribution is -2.32. The van der Waals surface area contributed by atoms with Gasteiger partial charge in [-0.3, -0.25) is 0 Å². The maximum Gasteiger partial charge on any atom is 0.0107 e. The molecule has 1 N–H and O–H groups in total. The molecular formula is C12H28N2. The smallest absolute Gasteiger partial charge is 0.0107 e. The Bertz CT molecular complexity index is 100. The molecule has 0 aromatic carbocycles. The fraction of sp³-hybridized carbons (Fsp3) is 1.00. The molecule has 2 nitrogen and oxygen atoms in total. The van der Waals surface area contributed by atoms with E-state index in [2.05, 4.69) is 31.0 Å². The van der Waals surface area contributed by atoms with Crippen LogP contribution in [0.3, 0.4) is 0 Å². The van der Waals surface area contributed by atoms with Gasteiger partial charge in [0.15, 0.2) is 0 Å². The van der Waals surface area contributed by atoms with Crippen molar-refractivity contribution in [2.24, 2.45) is 0 Å². The Morgan fingerprint density at radius 1 is 0.857 bits per heavy atom. The molecule has 86 valence electrons. The van der Waals surface area contributed by atoms with Crippen molar-refractivity contribution in [1.82, 2.24) is 10.2 Å². The van der Waals surface area contributed by atoms with Crippen molar-refractivity contribution in [3.8, 4) is 0 Å². The van der Waals surface area contributed by atoms with E-state index in [1.807, 2.05) is 0 Å². The largest absolute Gasteiger partial charge is 0.315 e. The van der Waals surface area contributed by atoms with Gasteiger partial charge in [-0.05, 0) is 26.1 Å². The summed E-state index contributed by atoms with van der Waals surface area (Å²) in [5, 5.41) is 3.50. The SMILES string of the molecule is CCCCCCNCCN(CC)CC. The molecule has 0 amide bonds. The number of rotatable bonds is 10. The minimum atomic E-state index is 1.15. The van der Waals surface area contributed by atoms with Gasteiger partial charge in [0.25, 0.3) is 0 Å². The summed E-state index contributed by atoms with van der Waals surface area (Å²) in [7, 11) is 0. The van der Waals surface area contributed by atoms with Gasteiger partial charge in [-0.15, -0.1) is 0 Å². The first-order valence-electron chi connectivity index (χ1n) is 6.28. The molecule has 0 aliphatic rings. The minimum absolute atomic E-state index is 1.15. The fourth-order valence-corrected chi connectivity index (χ4v) is 1.58. The van der Waals surface area contributed by atoms with Gasteiger partial charge >= 0.3 is 0 Å². The number of hydrogen-bond acceptors (Lipinski definition) is 2. The van der Waals surface area contributed by atoms with E-state index in [-0.39, 0.29) is 0 Å². The van der Waals surface area contributed by atoms with Crippen molar-refractivity contribution in [2.75, 3.05) is 32.7 Å². The van der Waals surface area contributed by atoms with Crippen LogP contribution in [-0.4, -0.2) is 37.6 Å². The van der Waals surface area contributed by atoms with Crippen LogP contribution in [0.25, 0.3) is 0 Å². The second kappa shape index (κ2) is 11.0. The highest BCUT2D eigenvalue weighted by Gasteiger charge is 1.96. The Kier molecular flexibility index (Phi) is 10.9. The first-order valence-corrected chi connectivity index (χ1v) is 6.28. The van der Waals surface area contributed by atoms with Crippen LogP contribution >= 0.6 is 0 Å². The summed E-state index contributed by atoms with van der Waals surface area (Å²) in [6, 6.07) is 0. The second-order valence-electron chi connectivity index (χ2n) is 3.84. The number of unbranched alkanes of at least 4 members (excludes halogenated alkanes) is 3. The molecule has 0 aliphatic heterocycles. The topological polar surface area (TPSA) is 15.3 Å². The van der Waals surface area contributed by atoms with Crippen molar-refractivity contribution in [3.63, 3.8) is 0 Å². The molecule has 0 atom stereocenters. The zero-order chi connectivity index (χ0) is 10.6. The first kappa shape index (κ1) is 13.9. The van der Waals surface area contributed by atoms with Gasteiger partial charge in [-0.2, -0.15) is 0 Å². The monoisotopic (exact) mass is 200 g/mol. The van der Waals surface area contributed by atoms with Crippen molar-refractivity contribution in [1.29, 1.82) is 0 Å². The highest BCUT2D eigenvalue weighted by Crippen LogP contribution is 1.96. The van der Waals surface area contributed by atoms with Crippen molar-refractivity contribution in [3.05, 3.63) is 0 Å². The Labute approximate surface area is 90.1 Å². The predicted octanol–water partition coefficient (Wildman–Crippen LogP) is 2.50. The van der Waals surface area contributed by atoms with Crippen LogP contribution < -0.4 is 5.32 Å². The predicted molar refractivity (Wildman–Crippen MR) is 64.8 cm³/mol. The highest BCUT2D eigenvalue weighted by atomic mass is 15.1. The quantitative estimate of drug-likeness (QED) is 0.545. The summed E-state index contributed by atoms with van der Waals surface area (Å²) in [5.74, 6) is 0.